The quantitative estimate of drug-likeness (QED) is 0.441. The van der Waals surface area contributed by atoms with Crippen LogP contribution < -0.4 is 0 Å². The van der Waals surface area contributed by atoms with Crippen LogP contribution >= 0.6 is 0 Å². The monoisotopic (exact) mass is 386 g/mol. The van der Waals surface area contributed by atoms with Crippen LogP contribution in [0.15, 0.2) is 41.4 Å². The highest BCUT2D eigenvalue weighted by molar-refractivity contribution is 5.92. The van der Waals surface area contributed by atoms with Crippen LogP contribution in [0.3, 0.4) is 0 Å². The second-order valence-electron chi connectivity index (χ2n) is 6.37. The molecule has 4 rings (SSSR count). The van der Waals surface area contributed by atoms with Crippen molar-refractivity contribution in [2.75, 3.05) is 26.2 Å². The molecule has 0 radical (unpaired) electrons. The third-order valence-electron chi connectivity index (χ3n) is 4.46. The van der Waals surface area contributed by atoms with Crippen LogP contribution in [0.1, 0.15) is 16.2 Å². The molecule has 0 aliphatic carbocycles. The topological polar surface area (TPSA) is 128 Å². The Morgan fingerprint density at radius 3 is 2.68 bits per heavy atom. The highest BCUT2D eigenvalue weighted by Crippen LogP contribution is 2.11. The molecule has 1 amide bonds. The van der Waals surface area contributed by atoms with Gasteiger partial charge in [0.25, 0.3) is 5.91 Å². The van der Waals surface area contributed by atoms with Crippen LogP contribution in [0.2, 0.25) is 0 Å². The molecule has 1 aliphatic rings. The van der Waals surface area contributed by atoms with E-state index in [0.29, 0.717) is 18.8 Å². The fourth-order valence-corrected chi connectivity index (χ4v) is 3.03. The molecular weight excluding hydrogens is 368 g/mol. The van der Waals surface area contributed by atoms with Crippen molar-refractivity contribution < 1.29 is 14.1 Å². The van der Waals surface area contributed by atoms with Crippen molar-refractivity contribution in [2.24, 2.45) is 0 Å². The Morgan fingerprint density at radius 2 is 2.00 bits per heavy atom. The van der Waals surface area contributed by atoms with E-state index in [-0.39, 0.29) is 12.6 Å². The number of furan rings is 1. The number of carbonyl (C=O) groups excluding carboxylic acids is 1. The lowest BCUT2D eigenvalue weighted by molar-refractivity contribution is -0.394. The summed E-state index contributed by atoms with van der Waals surface area (Å²) in [5.74, 6) is 0.295. The maximum Gasteiger partial charge on any atom is 0.491 e. The molecule has 0 N–H and O–H groups in total. The number of amides is 1. The number of carbonyl (C=O) groups is 1. The van der Waals surface area contributed by atoms with Gasteiger partial charge in [0.05, 0.1) is 12.8 Å². The summed E-state index contributed by atoms with van der Waals surface area (Å²) < 4.78 is 8.13. The molecule has 0 unspecified atom stereocenters. The highest BCUT2D eigenvalue weighted by atomic mass is 16.6. The fraction of sp³-hybridized carbons (Fsp3) is 0.375. The van der Waals surface area contributed by atoms with Gasteiger partial charge in [-0.05, 0) is 23.1 Å². The van der Waals surface area contributed by atoms with Gasteiger partial charge in [0, 0.05) is 37.5 Å². The second kappa shape index (κ2) is 7.60. The van der Waals surface area contributed by atoms with E-state index in [1.54, 1.807) is 23.4 Å². The third-order valence-corrected chi connectivity index (χ3v) is 4.46. The number of aromatic nitrogens is 5. The number of rotatable bonds is 6. The number of hydrogen-bond acceptors (Lipinski definition) is 8. The molecule has 12 heteroatoms. The smallest absolute Gasteiger partial charge is 0.468 e. The zero-order valence-electron chi connectivity index (χ0n) is 14.9. The molecule has 0 atom stereocenters. The lowest BCUT2D eigenvalue weighted by atomic mass is 10.2. The van der Waals surface area contributed by atoms with Crippen molar-refractivity contribution in [3.63, 3.8) is 0 Å². The van der Waals surface area contributed by atoms with Crippen molar-refractivity contribution in [2.45, 2.75) is 13.2 Å². The van der Waals surface area contributed by atoms with Crippen LogP contribution in [-0.2, 0) is 13.2 Å². The average molecular weight is 386 g/mol. The van der Waals surface area contributed by atoms with Crippen molar-refractivity contribution in [3.05, 3.63) is 58.6 Å². The molecule has 1 saturated heterocycles. The maximum absolute atomic E-state index is 12.7. The zero-order valence-corrected chi connectivity index (χ0v) is 14.9. The van der Waals surface area contributed by atoms with Crippen LogP contribution in [0.5, 0.6) is 0 Å². The van der Waals surface area contributed by atoms with Crippen molar-refractivity contribution in [3.8, 4) is 0 Å². The highest BCUT2D eigenvalue weighted by Gasteiger charge is 2.24. The minimum atomic E-state index is -0.667. The first-order valence-corrected chi connectivity index (χ1v) is 8.70. The Hall–Kier alpha value is -3.54. The first kappa shape index (κ1) is 17.9. The largest absolute Gasteiger partial charge is 0.491 e. The van der Waals surface area contributed by atoms with E-state index in [2.05, 4.69) is 20.1 Å². The molecule has 1 fully saturated rings. The first-order valence-electron chi connectivity index (χ1n) is 8.70. The number of hydrogen-bond donors (Lipinski definition) is 0. The predicted molar refractivity (Wildman–Crippen MR) is 94.2 cm³/mol. The summed E-state index contributed by atoms with van der Waals surface area (Å²) in [6.07, 6.45) is 4.54. The van der Waals surface area contributed by atoms with Gasteiger partial charge < -0.3 is 19.4 Å². The summed E-state index contributed by atoms with van der Waals surface area (Å²) in [6, 6.07) is 5.43. The Morgan fingerprint density at radius 1 is 1.18 bits per heavy atom. The van der Waals surface area contributed by atoms with Crippen molar-refractivity contribution in [1.82, 2.24) is 34.3 Å². The number of nitrogens with zero attached hydrogens (tertiary/aromatic N) is 8. The van der Waals surface area contributed by atoms with E-state index in [1.807, 2.05) is 12.1 Å². The third kappa shape index (κ3) is 3.91. The molecular formula is C16H18N8O4. The summed E-state index contributed by atoms with van der Waals surface area (Å²) in [7, 11) is 0. The van der Waals surface area contributed by atoms with Gasteiger partial charge in [0.1, 0.15) is 11.5 Å². The number of piperazine rings is 1. The van der Waals surface area contributed by atoms with Crippen LogP contribution in [-0.4, -0.2) is 71.4 Å². The molecule has 0 saturated carbocycles. The molecule has 0 bridgehead atoms. The minimum absolute atomic E-state index is 0.130. The lowest BCUT2D eigenvalue weighted by Gasteiger charge is -2.33. The Balaban J connectivity index is 1.32. The van der Waals surface area contributed by atoms with Gasteiger partial charge in [-0.25, -0.2) is 4.68 Å². The molecule has 1 aliphatic heterocycles. The normalized spacial score (nSPS) is 15.1. The summed E-state index contributed by atoms with van der Waals surface area (Å²) in [4.78, 5) is 30.2. The fourth-order valence-electron chi connectivity index (χ4n) is 3.03. The van der Waals surface area contributed by atoms with E-state index in [1.165, 1.54) is 15.7 Å². The standard InChI is InChI=1S/C16H18N8O4/c25-15(21-7-5-20(6-8-21)10-13-2-1-9-28-13)14-3-4-22(18-14)12-23-11-17-16(19-23)24(26)27/h1-4,9,11H,5-8,10,12H2. The van der Waals surface area contributed by atoms with Gasteiger partial charge in [0.15, 0.2) is 6.67 Å². The van der Waals surface area contributed by atoms with Gasteiger partial charge in [0.2, 0.25) is 6.33 Å². The van der Waals surface area contributed by atoms with E-state index >= 15 is 0 Å². The summed E-state index contributed by atoms with van der Waals surface area (Å²) in [6.45, 7) is 3.60. The lowest BCUT2D eigenvalue weighted by Crippen LogP contribution is -2.48. The summed E-state index contributed by atoms with van der Waals surface area (Å²) >= 11 is 0. The predicted octanol–water partition coefficient (Wildman–Crippen LogP) is 0.440. The number of nitro groups is 1. The maximum atomic E-state index is 12.7. The Bertz CT molecular complexity index is 955. The molecule has 28 heavy (non-hydrogen) atoms. The molecule has 3 aromatic heterocycles. The van der Waals surface area contributed by atoms with Gasteiger partial charge >= 0.3 is 5.95 Å². The van der Waals surface area contributed by atoms with E-state index in [4.69, 9.17) is 4.42 Å². The van der Waals surface area contributed by atoms with E-state index < -0.39 is 10.9 Å². The molecule has 4 heterocycles. The van der Waals surface area contributed by atoms with Gasteiger partial charge in [-0.2, -0.15) is 9.78 Å². The molecule has 0 spiro atoms. The minimum Gasteiger partial charge on any atom is -0.468 e. The Labute approximate surface area is 159 Å². The van der Waals surface area contributed by atoms with Gasteiger partial charge in [-0.15, -0.1) is 0 Å². The van der Waals surface area contributed by atoms with Crippen LogP contribution in [0, 0.1) is 10.1 Å². The van der Waals surface area contributed by atoms with Crippen molar-refractivity contribution in [1.29, 1.82) is 0 Å². The van der Waals surface area contributed by atoms with Crippen LogP contribution in [0.25, 0.3) is 0 Å². The Kier molecular flexibility index (Phi) is 4.85. The molecule has 12 nitrogen and oxygen atoms in total. The van der Waals surface area contributed by atoms with E-state index in [9.17, 15) is 14.9 Å². The van der Waals surface area contributed by atoms with Crippen molar-refractivity contribution >= 4 is 11.9 Å². The van der Waals surface area contributed by atoms with Crippen LogP contribution in [0.4, 0.5) is 5.95 Å². The zero-order chi connectivity index (χ0) is 19.5. The molecule has 146 valence electrons. The molecule has 0 aromatic carbocycles. The SMILES string of the molecule is O=C(c1ccn(Cn2cnc([N+](=O)[O-])n2)n1)N1CCN(Cc2ccco2)CC1. The van der Waals surface area contributed by atoms with E-state index in [0.717, 1.165) is 25.4 Å². The van der Waals surface area contributed by atoms with Gasteiger partial charge in [-0.3, -0.25) is 9.69 Å². The summed E-state index contributed by atoms with van der Waals surface area (Å²) in [5, 5.41) is 18.6. The second-order valence-corrected chi connectivity index (χ2v) is 6.37. The first-order chi connectivity index (χ1) is 13.6. The molecule has 3 aromatic rings. The van der Waals surface area contributed by atoms with Gasteiger partial charge in [-0.1, -0.05) is 4.98 Å². The summed E-state index contributed by atoms with van der Waals surface area (Å²) in [5.41, 5.74) is 0.328. The average Bonchev–Trinajstić information content (AvgIpc) is 3.44.